The van der Waals surface area contributed by atoms with Gasteiger partial charge in [-0.25, -0.2) is 8.42 Å². The number of carbonyl (C=O) groups excluding carboxylic acids is 2. The SMILES string of the molecule is CC1(C)CCC(=O)CS1.CC1(C)CCCC(=O)C1.CC1=C(C)CC(C)(C)S(=O)C1.CC1=C(C)CC(C)(C)SC1.CC1=C(C)CS(=O)(=O)C(C)(C)C1. The van der Waals surface area contributed by atoms with Gasteiger partial charge in [0, 0.05) is 55.8 Å². The van der Waals surface area contributed by atoms with Crippen molar-refractivity contribution in [3.63, 3.8) is 0 Å². The first-order chi connectivity index (χ1) is 22.9. The fraction of sp³-hybridized carbons (Fsp3) is 0.810. The second-order valence-electron chi connectivity index (χ2n) is 18.8. The van der Waals surface area contributed by atoms with Gasteiger partial charge in [-0.3, -0.25) is 13.8 Å². The minimum Gasteiger partial charge on any atom is -0.300 e. The zero-order valence-corrected chi connectivity index (χ0v) is 38.6. The summed E-state index contributed by atoms with van der Waals surface area (Å²) >= 11 is 3.85. The van der Waals surface area contributed by atoms with Crippen LogP contribution >= 0.6 is 23.5 Å². The molecule has 0 aromatic heterocycles. The van der Waals surface area contributed by atoms with Crippen LogP contribution in [-0.2, 0) is 30.2 Å². The Morgan fingerprint density at radius 1 is 0.569 bits per heavy atom. The Kier molecular flexibility index (Phi) is 18.3. The number of ketones is 2. The first-order valence-electron chi connectivity index (χ1n) is 18.8. The van der Waals surface area contributed by atoms with E-state index in [4.69, 9.17) is 0 Å². The van der Waals surface area contributed by atoms with Gasteiger partial charge in [0.25, 0.3) is 0 Å². The highest BCUT2D eigenvalue weighted by Crippen LogP contribution is 2.38. The number of allylic oxidation sites excluding steroid dienone is 3. The lowest BCUT2D eigenvalue weighted by molar-refractivity contribution is -0.123. The lowest BCUT2D eigenvalue weighted by Gasteiger charge is -2.30. The van der Waals surface area contributed by atoms with Gasteiger partial charge in [0.15, 0.2) is 9.84 Å². The van der Waals surface area contributed by atoms with Crippen LogP contribution in [0.15, 0.2) is 33.4 Å². The molecule has 5 aliphatic rings. The zero-order chi connectivity index (χ0) is 39.8. The molecule has 0 radical (unpaired) electrons. The standard InChI is InChI=1S/C9H16O2S.C9H16OS.C9H16S.C8H14O.C7H12OS/c1-7-5-9(3,4)12(10,11)6-8(7)2;1-7-5-9(3,4)11(10)6-8(7)2;1-7-5-9(3,4)10-6-8(7)2;1-8(2)5-3-4-7(9)6-8;1-7(2)4-3-6(8)5-9-7/h5-6H2,1-4H3;5-6H2,1-4H3;5-6H2,1-4H3;3-6H2,1-2H3;3-5H2,1-2H3. The molecule has 1 aliphatic carbocycles. The number of sulfone groups is 1. The van der Waals surface area contributed by atoms with E-state index in [-0.39, 0.29) is 10.5 Å². The first kappa shape index (κ1) is 48.4. The molecule has 0 bridgehead atoms. The van der Waals surface area contributed by atoms with Crippen LogP contribution in [0, 0.1) is 5.41 Å². The lowest BCUT2D eigenvalue weighted by atomic mass is 9.77. The summed E-state index contributed by atoms with van der Waals surface area (Å²) in [5.74, 6) is 3.85. The van der Waals surface area contributed by atoms with Crippen LogP contribution in [-0.4, -0.2) is 66.2 Å². The Morgan fingerprint density at radius 3 is 1.49 bits per heavy atom. The topological polar surface area (TPSA) is 85.3 Å². The zero-order valence-electron chi connectivity index (χ0n) is 35.4. The van der Waals surface area contributed by atoms with E-state index in [1.54, 1.807) is 36.8 Å². The van der Waals surface area contributed by atoms with Crippen LogP contribution in [0.25, 0.3) is 0 Å². The monoisotopic (exact) mass is 786 g/mol. The maximum Gasteiger partial charge on any atom is 0.159 e. The molecule has 5 rings (SSSR count). The highest BCUT2D eigenvalue weighted by atomic mass is 32.2. The van der Waals surface area contributed by atoms with E-state index in [1.165, 1.54) is 35.3 Å². The van der Waals surface area contributed by atoms with Crippen LogP contribution in [0.3, 0.4) is 0 Å². The molecular formula is C42H74O5S4. The Balaban J connectivity index is 0.000000320. The molecule has 0 spiro atoms. The second-order valence-corrected chi connectivity index (χ2v) is 26.9. The quantitative estimate of drug-likeness (QED) is 0.226. The van der Waals surface area contributed by atoms with Crippen LogP contribution in [0.1, 0.15) is 169 Å². The van der Waals surface area contributed by atoms with Gasteiger partial charge in [-0.1, -0.05) is 75.0 Å². The molecule has 1 unspecified atom stereocenters. The van der Waals surface area contributed by atoms with Crippen molar-refractivity contribution in [3.8, 4) is 0 Å². The molecular weight excluding hydrogens is 713 g/mol. The Hall–Kier alpha value is -0.640. The molecule has 2 fully saturated rings. The largest absolute Gasteiger partial charge is 0.300 e. The van der Waals surface area contributed by atoms with E-state index in [0.29, 0.717) is 32.9 Å². The molecule has 1 saturated carbocycles. The summed E-state index contributed by atoms with van der Waals surface area (Å²) in [6, 6.07) is 0. The second kappa shape index (κ2) is 19.3. The van der Waals surface area contributed by atoms with Crippen molar-refractivity contribution in [3.05, 3.63) is 33.4 Å². The Bertz CT molecular complexity index is 1460. The smallest absolute Gasteiger partial charge is 0.159 e. The minimum absolute atomic E-state index is 0.00356. The maximum atomic E-state index is 11.6. The number of carbonyl (C=O) groups is 2. The van der Waals surface area contributed by atoms with Gasteiger partial charge in [-0.05, 0) is 113 Å². The van der Waals surface area contributed by atoms with Crippen molar-refractivity contribution < 1.29 is 22.2 Å². The normalized spacial score (nSPS) is 27.3. The van der Waals surface area contributed by atoms with Gasteiger partial charge in [0.05, 0.1) is 16.3 Å². The van der Waals surface area contributed by atoms with Crippen molar-refractivity contribution >= 4 is 55.7 Å². The first-order valence-corrected chi connectivity index (χ1v) is 23.7. The van der Waals surface area contributed by atoms with Gasteiger partial charge in [-0.2, -0.15) is 11.8 Å². The number of thioether (sulfide) groups is 2. The summed E-state index contributed by atoms with van der Waals surface area (Å²) in [7, 11) is -3.56. The van der Waals surface area contributed by atoms with E-state index in [9.17, 15) is 22.2 Å². The van der Waals surface area contributed by atoms with E-state index in [1.807, 2.05) is 13.8 Å². The van der Waals surface area contributed by atoms with Gasteiger partial charge < -0.3 is 0 Å². The van der Waals surface area contributed by atoms with Crippen molar-refractivity contribution in [2.24, 2.45) is 5.41 Å². The predicted octanol–water partition coefficient (Wildman–Crippen LogP) is 11.4. The molecule has 296 valence electrons. The van der Waals surface area contributed by atoms with Crippen molar-refractivity contribution in [1.82, 2.24) is 0 Å². The Morgan fingerprint density at radius 2 is 1.10 bits per heavy atom. The van der Waals surface area contributed by atoms with Crippen LogP contribution in [0.4, 0.5) is 0 Å². The summed E-state index contributed by atoms with van der Waals surface area (Å²) < 4.78 is 35.1. The molecule has 4 heterocycles. The summed E-state index contributed by atoms with van der Waals surface area (Å²) in [5, 5.41) is 0. The lowest BCUT2D eigenvalue weighted by Crippen LogP contribution is -2.38. The van der Waals surface area contributed by atoms with Crippen LogP contribution in [0.5, 0.6) is 0 Å². The number of Topliss-reactive ketones (excluding diaryl/α,β-unsaturated/α-hetero) is 2. The number of hydrogen-bond acceptors (Lipinski definition) is 7. The third-order valence-corrected chi connectivity index (χ3v) is 18.4. The van der Waals surface area contributed by atoms with Gasteiger partial charge in [0.2, 0.25) is 0 Å². The average Bonchev–Trinajstić information content (AvgIpc) is 2.95. The highest BCUT2D eigenvalue weighted by molar-refractivity contribution is 8.01. The molecule has 1 saturated heterocycles. The van der Waals surface area contributed by atoms with Gasteiger partial charge in [-0.15, -0.1) is 11.8 Å². The summed E-state index contributed by atoms with van der Waals surface area (Å²) in [6.07, 6.45) is 8.73. The van der Waals surface area contributed by atoms with Crippen LogP contribution < -0.4 is 0 Å². The molecule has 1 atom stereocenters. The molecule has 5 nitrogen and oxygen atoms in total. The van der Waals surface area contributed by atoms with Gasteiger partial charge >= 0.3 is 0 Å². The summed E-state index contributed by atoms with van der Waals surface area (Å²) in [5.41, 5.74) is 8.49. The molecule has 51 heavy (non-hydrogen) atoms. The highest BCUT2D eigenvalue weighted by Gasteiger charge is 2.38. The van der Waals surface area contributed by atoms with E-state index in [0.717, 1.165) is 55.6 Å². The van der Waals surface area contributed by atoms with Gasteiger partial charge in [0.1, 0.15) is 11.6 Å². The molecule has 9 heteroatoms. The molecule has 4 aliphatic heterocycles. The van der Waals surface area contributed by atoms with Crippen molar-refractivity contribution in [2.45, 2.75) is 188 Å². The third kappa shape index (κ3) is 17.1. The predicted molar refractivity (Wildman–Crippen MR) is 228 cm³/mol. The van der Waals surface area contributed by atoms with E-state index in [2.05, 4.69) is 94.8 Å². The minimum atomic E-state index is -2.90. The molecule has 0 N–H and O–H groups in total. The average molecular weight is 787 g/mol. The Labute approximate surface area is 325 Å². The summed E-state index contributed by atoms with van der Waals surface area (Å²) in [6.45, 7) is 33.8. The maximum absolute atomic E-state index is 11.6. The van der Waals surface area contributed by atoms with Crippen molar-refractivity contribution in [1.29, 1.82) is 0 Å². The van der Waals surface area contributed by atoms with E-state index >= 15 is 0 Å². The molecule has 0 aromatic carbocycles. The molecule has 0 aromatic rings. The summed E-state index contributed by atoms with van der Waals surface area (Å²) in [4.78, 5) is 21.6. The fourth-order valence-corrected chi connectivity index (χ4v) is 11.7. The third-order valence-electron chi connectivity index (χ3n) is 10.8. The number of hydrogen-bond donors (Lipinski definition) is 0. The van der Waals surface area contributed by atoms with Crippen molar-refractivity contribution in [2.75, 3.05) is 23.0 Å². The fourth-order valence-electron chi connectivity index (χ4n) is 6.49. The molecule has 0 amide bonds. The van der Waals surface area contributed by atoms with Crippen LogP contribution in [0.2, 0.25) is 0 Å². The number of rotatable bonds is 0. The van der Waals surface area contributed by atoms with E-state index < -0.39 is 25.4 Å².